The number of rotatable bonds is 4. The summed E-state index contributed by atoms with van der Waals surface area (Å²) >= 11 is 0. The van der Waals surface area contributed by atoms with Crippen LogP contribution in [0.5, 0.6) is 5.88 Å². The summed E-state index contributed by atoms with van der Waals surface area (Å²) in [6.45, 7) is -0.569. The molecule has 1 aromatic rings. The molecule has 0 fully saturated rings. The molecule has 0 saturated heterocycles. The molecular weight excluding hydrogens is 335 g/mol. The SMILES string of the molecule is NCc1cnc(OC(F)(F)F)c(C(F)F)c1S(=O)(=O)Cl. The highest BCUT2D eigenvalue weighted by Crippen LogP contribution is 2.38. The fraction of sp³-hybridized carbons (Fsp3) is 0.375. The third-order valence-corrected chi connectivity index (χ3v) is 3.43. The monoisotopic (exact) mass is 340 g/mol. The fourth-order valence-electron chi connectivity index (χ4n) is 1.35. The van der Waals surface area contributed by atoms with Crippen LogP contribution in [0.1, 0.15) is 17.6 Å². The summed E-state index contributed by atoms with van der Waals surface area (Å²) in [7, 11) is 0.179. The molecule has 0 aromatic carbocycles. The molecule has 0 saturated carbocycles. The number of nitrogens with zero attached hydrogens (tertiary/aromatic N) is 1. The van der Waals surface area contributed by atoms with Crippen LogP contribution in [-0.2, 0) is 15.6 Å². The van der Waals surface area contributed by atoms with Gasteiger partial charge >= 0.3 is 6.36 Å². The zero-order valence-electron chi connectivity index (χ0n) is 9.29. The maximum atomic E-state index is 12.9. The largest absolute Gasteiger partial charge is 0.574 e. The maximum Gasteiger partial charge on any atom is 0.574 e. The Hall–Kier alpha value is -1.20. The summed E-state index contributed by atoms with van der Waals surface area (Å²) in [4.78, 5) is 1.77. The molecule has 0 aliphatic heterocycles. The number of hydrogen-bond acceptors (Lipinski definition) is 5. The van der Waals surface area contributed by atoms with Crippen molar-refractivity contribution < 1.29 is 35.1 Å². The predicted octanol–water partition coefficient (Wildman–Crippen LogP) is 2.30. The van der Waals surface area contributed by atoms with E-state index in [1.807, 2.05) is 0 Å². The highest BCUT2D eigenvalue weighted by Gasteiger charge is 2.37. The Morgan fingerprint density at radius 1 is 1.40 bits per heavy atom. The second-order valence-electron chi connectivity index (χ2n) is 3.32. The highest BCUT2D eigenvalue weighted by molar-refractivity contribution is 8.13. The average Bonchev–Trinajstić information content (AvgIpc) is 2.24. The Morgan fingerprint density at radius 3 is 2.30 bits per heavy atom. The minimum absolute atomic E-state index is 0.454. The third kappa shape index (κ3) is 3.90. The Morgan fingerprint density at radius 2 is 1.95 bits per heavy atom. The fourth-order valence-corrected chi connectivity index (χ4v) is 2.79. The van der Waals surface area contributed by atoms with E-state index in [2.05, 4.69) is 9.72 Å². The second-order valence-corrected chi connectivity index (χ2v) is 5.82. The lowest BCUT2D eigenvalue weighted by Crippen LogP contribution is -2.21. The zero-order chi connectivity index (χ0) is 15.7. The van der Waals surface area contributed by atoms with Crippen molar-refractivity contribution in [1.29, 1.82) is 0 Å². The van der Waals surface area contributed by atoms with Crippen LogP contribution in [0.3, 0.4) is 0 Å². The van der Waals surface area contributed by atoms with E-state index >= 15 is 0 Å². The Balaban J connectivity index is 3.66. The topological polar surface area (TPSA) is 82.3 Å². The standard InChI is InChI=1S/C8H6ClF5N2O3S/c9-20(17,18)5-3(1-15)2-16-7(4(5)6(10)11)19-8(12,13)14/h2,6H,1,15H2. The molecule has 20 heavy (non-hydrogen) atoms. The highest BCUT2D eigenvalue weighted by atomic mass is 35.7. The first-order chi connectivity index (χ1) is 8.97. The lowest BCUT2D eigenvalue weighted by Gasteiger charge is -2.16. The van der Waals surface area contributed by atoms with Crippen molar-refractivity contribution in [3.63, 3.8) is 0 Å². The molecule has 0 aliphatic rings. The van der Waals surface area contributed by atoms with Crippen LogP contribution in [0.4, 0.5) is 22.0 Å². The van der Waals surface area contributed by atoms with Crippen LogP contribution in [-0.4, -0.2) is 19.8 Å². The summed E-state index contributed by atoms with van der Waals surface area (Å²) < 4.78 is 87.8. The van der Waals surface area contributed by atoms with E-state index in [-0.39, 0.29) is 0 Å². The molecule has 1 rings (SSSR count). The lowest BCUT2D eigenvalue weighted by molar-refractivity contribution is -0.276. The van der Waals surface area contributed by atoms with E-state index < -0.39 is 50.3 Å². The Kier molecular flexibility index (Phi) is 4.77. The van der Waals surface area contributed by atoms with E-state index in [4.69, 9.17) is 16.4 Å². The van der Waals surface area contributed by atoms with Gasteiger partial charge in [-0.2, -0.15) is 0 Å². The minimum Gasteiger partial charge on any atom is -0.387 e. The van der Waals surface area contributed by atoms with Crippen molar-refractivity contribution in [3.05, 3.63) is 17.3 Å². The number of hydrogen-bond donors (Lipinski definition) is 1. The van der Waals surface area contributed by atoms with Crippen molar-refractivity contribution in [3.8, 4) is 5.88 Å². The van der Waals surface area contributed by atoms with Gasteiger partial charge in [0.25, 0.3) is 15.5 Å². The van der Waals surface area contributed by atoms with Gasteiger partial charge in [-0.15, -0.1) is 13.2 Å². The molecule has 2 N–H and O–H groups in total. The molecule has 114 valence electrons. The molecule has 0 bridgehead atoms. The van der Waals surface area contributed by atoms with Crippen LogP contribution in [0.15, 0.2) is 11.1 Å². The summed E-state index contributed by atoms with van der Waals surface area (Å²) in [6.07, 6.45) is -8.37. The van der Waals surface area contributed by atoms with Gasteiger partial charge in [0.05, 0.1) is 0 Å². The van der Waals surface area contributed by atoms with Gasteiger partial charge in [0.2, 0.25) is 5.88 Å². The van der Waals surface area contributed by atoms with Crippen LogP contribution < -0.4 is 10.5 Å². The van der Waals surface area contributed by atoms with E-state index in [0.29, 0.717) is 6.20 Å². The van der Waals surface area contributed by atoms with Crippen LogP contribution in [0, 0.1) is 0 Å². The summed E-state index contributed by atoms with van der Waals surface area (Å²) in [5, 5.41) is 0. The first-order valence-electron chi connectivity index (χ1n) is 4.67. The van der Waals surface area contributed by atoms with Gasteiger partial charge in [-0.25, -0.2) is 22.2 Å². The summed E-state index contributed by atoms with van der Waals surface area (Å²) in [5.41, 5.74) is 3.09. The molecule has 1 aromatic heterocycles. The van der Waals surface area contributed by atoms with Crippen molar-refractivity contribution in [2.24, 2.45) is 5.73 Å². The number of nitrogens with two attached hydrogens (primary N) is 1. The molecule has 5 nitrogen and oxygen atoms in total. The number of pyridine rings is 1. The molecular formula is C8H6ClF5N2O3S. The first-order valence-corrected chi connectivity index (χ1v) is 6.98. The van der Waals surface area contributed by atoms with Crippen molar-refractivity contribution in [2.45, 2.75) is 24.2 Å². The zero-order valence-corrected chi connectivity index (χ0v) is 10.9. The molecule has 0 unspecified atom stereocenters. The smallest absolute Gasteiger partial charge is 0.387 e. The average molecular weight is 341 g/mol. The van der Waals surface area contributed by atoms with Crippen LogP contribution in [0.25, 0.3) is 0 Å². The van der Waals surface area contributed by atoms with E-state index in [1.165, 1.54) is 0 Å². The van der Waals surface area contributed by atoms with E-state index in [1.54, 1.807) is 0 Å². The molecule has 0 atom stereocenters. The number of aromatic nitrogens is 1. The second kappa shape index (κ2) is 5.66. The molecule has 0 amide bonds. The van der Waals surface area contributed by atoms with Crippen molar-refractivity contribution in [2.75, 3.05) is 0 Å². The van der Waals surface area contributed by atoms with Gasteiger partial charge in [-0.3, -0.25) is 0 Å². The molecule has 0 radical (unpaired) electrons. The van der Waals surface area contributed by atoms with Gasteiger partial charge < -0.3 is 10.5 Å². The molecule has 0 aliphatic carbocycles. The first kappa shape index (κ1) is 16.9. The number of halogens is 6. The summed E-state index contributed by atoms with van der Waals surface area (Å²) in [5.74, 6) is -1.59. The van der Waals surface area contributed by atoms with Gasteiger partial charge in [-0.1, -0.05) is 0 Å². The van der Waals surface area contributed by atoms with Crippen LogP contribution >= 0.6 is 10.7 Å². The van der Waals surface area contributed by atoms with E-state index in [0.717, 1.165) is 0 Å². The quantitative estimate of drug-likeness (QED) is 0.672. The van der Waals surface area contributed by atoms with Crippen LogP contribution in [0.2, 0.25) is 0 Å². The lowest BCUT2D eigenvalue weighted by atomic mass is 10.2. The predicted molar refractivity (Wildman–Crippen MR) is 56.8 cm³/mol. The maximum absolute atomic E-state index is 12.9. The van der Waals surface area contributed by atoms with E-state index in [9.17, 15) is 30.4 Å². The molecule has 0 spiro atoms. The molecule has 1 heterocycles. The number of alkyl halides is 5. The van der Waals surface area contributed by atoms with Gasteiger partial charge in [0.15, 0.2) is 0 Å². The van der Waals surface area contributed by atoms with Gasteiger partial charge in [0, 0.05) is 29.0 Å². The Labute approximate surface area is 113 Å². The van der Waals surface area contributed by atoms with Crippen molar-refractivity contribution in [1.82, 2.24) is 4.98 Å². The summed E-state index contributed by atoms with van der Waals surface area (Å²) in [6, 6.07) is 0. The molecule has 12 heteroatoms. The Bertz CT molecular complexity index is 605. The van der Waals surface area contributed by atoms with Gasteiger partial charge in [0.1, 0.15) is 10.5 Å². The number of ether oxygens (including phenoxy) is 1. The van der Waals surface area contributed by atoms with Gasteiger partial charge in [-0.05, 0) is 0 Å². The van der Waals surface area contributed by atoms with Crippen molar-refractivity contribution >= 4 is 19.7 Å². The third-order valence-electron chi connectivity index (χ3n) is 2.00. The minimum atomic E-state index is -5.33. The normalized spacial score (nSPS) is 12.8.